The topological polar surface area (TPSA) is 73.1 Å². The largest absolute Gasteiger partial charge is 0.369 e. The first-order chi connectivity index (χ1) is 14.9. The number of benzene rings is 2. The molecule has 1 aliphatic rings. The van der Waals surface area contributed by atoms with Gasteiger partial charge in [0.15, 0.2) is 0 Å². The van der Waals surface area contributed by atoms with Gasteiger partial charge < -0.3 is 9.64 Å². The van der Waals surface area contributed by atoms with Crippen LogP contribution in [0.15, 0.2) is 59.6 Å². The van der Waals surface area contributed by atoms with E-state index in [2.05, 4.69) is 14.7 Å². The number of fused-ring (bicyclic) bond motifs is 1. The molecule has 1 fully saturated rings. The van der Waals surface area contributed by atoms with Gasteiger partial charge in [0.25, 0.3) is 10.1 Å². The highest BCUT2D eigenvalue weighted by atomic mass is 32.2. The average molecular weight is 438 g/mol. The van der Waals surface area contributed by atoms with Crippen LogP contribution in [0.4, 0.5) is 11.4 Å². The molecule has 4 rings (SSSR count). The Morgan fingerprint density at radius 2 is 1.97 bits per heavy atom. The number of ether oxygens (including phenoxy) is 1. The van der Waals surface area contributed by atoms with Crippen molar-refractivity contribution in [2.24, 2.45) is 0 Å². The quantitative estimate of drug-likeness (QED) is 0.442. The van der Waals surface area contributed by atoms with E-state index < -0.39 is 16.2 Å². The molecule has 0 amide bonds. The summed E-state index contributed by atoms with van der Waals surface area (Å²) >= 11 is 0. The van der Waals surface area contributed by atoms with Crippen LogP contribution in [0.2, 0.25) is 0 Å². The van der Waals surface area contributed by atoms with E-state index in [1.165, 1.54) is 0 Å². The van der Waals surface area contributed by atoms with Crippen molar-refractivity contribution in [1.29, 1.82) is 0 Å². The summed E-state index contributed by atoms with van der Waals surface area (Å²) in [5.74, 6) is 0. The molecule has 7 nitrogen and oxygen atoms in total. The minimum atomic E-state index is -3.86. The normalized spacial score (nSPS) is 19.3. The van der Waals surface area contributed by atoms with Crippen LogP contribution in [0, 0.1) is 13.5 Å². The van der Waals surface area contributed by atoms with Crippen LogP contribution in [0.3, 0.4) is 0 Å². The molecule has 160 valence electrons. The van der Waals surface area contributed by atoms with E-state index in [4.69, 9.17) is 15.5 Å². The zero-order valence-corrected chi connectivity index (χ0v) is 18.2. The SMILES string of the molecule is [C-]#[N+]c1ccc(N2C[C@H](COS(=O)(=O)c3ccc(C)cc3)O[C@H](C)C2)c2cccnc12. The Balaban J connectivity index is 1.54. The van der Waals surface area contributed by atoms with Gasteiger partial charge in [0.05, 0.1) is 29.7 Å². The first-order valence-corrected chi connectivity index (χ1v) is 11.4. The van der Waals surface area contributed by atoms with Gasteiger partial charge in [0.1, 0.15) is 6.10 Å². The van der Waals surface area contributed by atoms with Gasteiger partial charge in [0.2, 0.25) is 5.69 Å². The predicted octanol–water partition coefficient (Wildman–Crippen LogP) is 4.09. The monoisotopic (exact) mass is 437 g/mol. The van der Waals surface area contributed by atoms with E-state index in [-0.39, 0.29) is 17.6 Å². The van der Waals surface area contributed by atoms with Gasteiger partial charge in [-0.05, 0) is 38.1 Å². The zero-order chi connectivity index (χ0) is 22.0. The molecule has 0 N–H and O–H groups in total. The predicted molar refractivity (Wildman–Crippen MR) is 119 cm³/mol. The van der Waals surface area contributed by atoms with E-state index in [1.807, 2.05) is 32.0 Å². The third-order valence-electron chi connectivity index (χ3n) is 5.23. The summed E-state index contributed by atoms with van der Waals surface area (Å²) in [6, 6.07) is 14.0. The van der Waals surface area contributed by atoms with Gasteiger partial charge in [-0.2, -0.15) is 8.42 Å². The summed E-state index contributed by atoms with van der Waals surface area (Å²) in [6.07, 6.45) is 1.14. The van der Waals surface area contributed by atoms with Crippen LogP contribution in [-0.4, -0.2) is 45.3 Å². The van der Waals surface area contributed by atoms with Gasteiger partial charge in [-0.3, -0.25) is 9.17 Å². The molecule has 31 heavy (non-hydrogen) atoms. The van der Waals surface area contributed by atoms with Crippen LogP contribution in [-0.2, 0) is 19.0 Å². The van der Waals surface area contributed by atoms with Gasteiger partial charge in [0, 0.05) is 30.4 Å². The summed E-state index contributed by atoms with van der Waals surface area (Å²) in [7, 11) is -3.86. The number of rotatable bonds is 5. The first kappa shape index (κ1) is 21.2. The number of aromatic nitrogens is 1. The third-order valence-corrected chi connectivity index (χ3v) is 6.53. The molecule has 8 heteroatoms. The highest BCUT2D eigenvalue weighted by Crippen LogP contribution is 2.34. The molecule has 2 aromatic carbocycles. The first-order valence-electron chi connectivity index (χ1n) is 9.99. The van der Waals surface area contributed by atoms with E-state index in [9.17, 15) is 8.42 Å². The maximum Gasteiger partial charge on any atom is 0.297 e. The van der Waals surface area contributed by atoms with Crippen molar-refractivity contribution in [2.45, 2.75) is 31.0 Å². The molecule has 2 heterocycles. The highest BCUT2D eigenvalue weighted by Gasteiger charge is 2.29. The Kier molecular flexibility index (Phi) is 5.92. The number of nitrogens with zero attached hydrogens (tertiary/aromatic N) is 3. The van der Waals surface area contributed by atoms with Gasteiger partial charge in [-0.15, -0.1) is 0 Å². The van der Waals surface area contributed by atoms with Crippen molar-refractivity contribution < 1.29 is 17.3 Å². The number of pyridine rings is 1. The summed E-state index contributed by atoms with van der Waals surface area (Å²) in [5.41, 5.74) is 3.08. The van der Waals surface area contributed by atoms with Crippen LogP contribution < -0.4 is 4.90 Å². The molecule has 1 aromatic heterocycles. The fourth-order valence-electron chi connectivity index (χ4n) is 3.78. The zero-order valence-electron chi connectivity index (χ0n) is 17.4. The molecule has 0 radical (unpaired) electrons. The van der Waals surface area contributed by atoms with Crippen LogP contribution >= 0.6 is 0 Å². The fraction of sp³-hybridized carbons (Fsp3) is 0.304. The Morgan fingerprint density at radius 3 is 2.71 bits per heavy atom. The van der Waals surface area contributed by atoms with Gasteiger partial charge in [-0.25, -0.2) is 4.85 Å². The van der Waals surface area contributed by atoms with Gasteiger partial charge >= 0.3 is 0 Å². The van der Waals surface area contributed by atoms with Crippen LogP contribution in [0.1, 0.15) is 12.5 Å². The van der Waals surface area contributed by atoms with Crippen molar-refractivity contribution in [3.05, 3.63) is 71.7 Å². The second kappa shape index (κ2) is 8.63. The van der Waals surface area contributed by atoms with E-state index in [1.54, 1.807) is 36.5 Å². The maximum atomic E-state index is 12.5. The lowest BCUT2D eigenvalue weighted by atomic mass is 10.1. The molecule has 0 aliphatic carbocycles. The number of aryl methyl sites for hydroxylation is 1. The van der Waals surface area contributed by atoms with Gasteiger partial charge in [-0.1, -0.05) is 29.8 Å². The van der Waals surface area contributed by atoms with Crippen LogP contribution in [0.5, 0.6) is 0 Å². The minimum absolute atomic E-state index is 0.0760. The molecular weight excluding hydrogens is 414 g/mol. The molecule has 3 aromatic rings. The Bertz CT molecular complexity index is 1240. The average Bonchev–Trinajstić information content (AvgIpc) is 2.77. The molecule has 1 saturated heterocycles. The number of hydrogen-bond donors (Lipinski definition) is 0. The van der Waals surface area contributed by atoms with Crippen LogP contribution in [0.25, 0.3) is 15.7 Å². The van der Waals surface area contributed by atoms with Crippen molar-refractivity contribution >= 4 is 32.4 Å². The minimum Gasteiger partial charge on any atom is -0.369 e. The Hall–Kier alpha value is -2.99. The lowest BCUT2D eigenvalue weighted by molar-refractivity contribution is -0.0359. The summed E-state index contributed by atoms with van der Waals surface area (Å²) in [5, 5.41) is 0.886. The number of anilines is 1. The molecule has 0 bridgehead atoms. The molecular formula is C23H23N3O4S. The van der Waals surface area contributed by atoms with E-state index >= 15 is 0 Å². The number of morpholine rings is 1. The lowest BCUT2D eigenvalue weighted by Gasteiger charge is -2.38. The third kappa shape index (κ3) is 4.54. The molecule has 2 atom stereocenters. The second-order valence-corrected chi connectivity index (χ2v) is 9.26. The molecule has 1 aliphatic heterocycles. The molecule has 0 spiro atoms. The van der Waals surface area contributed by atoms with Crippen molar-refractivity contribution in [3.63, 3.8) is 0 Å². The van der Waals surface area contributed by atoms with Crippen molar-refractivity contribution in [1.82, 2.24) is 4.98 Å². The summed E-state index contributed by atoms with van der Waals surface area (Å²) < 4.78 is 36.3. The van der Waals surface area contributed by atoms with E-state index in [0.29, 0.717) is 24.3 Å². The maximum absolute atomic E-state index is 12.5. The standard InChI is InChI=1S/C23H23N3O4S/c1-16-6-8-19(9-7-16)31(27,28)29-15-18-14-26(13-17(2)30-18)22-11-10-21(24-3)23-20(22)5-4-12-25-23/h4-12,17-18H,13-15H2,1-2H3/t17-,18-/m1/s1. The van der Waals surface area contributed by atoms with Crippen molar-refractivity contribution in [3.8, 4) is 0 Å². The molecule has 0 unspecified atom stereocenters. The Morgan fingerprint density at radius 1 is 1.19 bits per heavy atom. The molecule has 0 saturated carbocycles. The second-order valence-electron chi connectivity index (χ2n) is 7.64. The lowest BCUT2D eigenvalue weighted by Crippen LogP contribution is -2.48. The fourth-order valence-corrected chi connectivity index (χ4v) is 4.72. The number of hydrogen-bond acceptors (Lipinski definition) is 6. The summed E-state index contributed by atoms with van der Waals surface area (Å²) in [6.45, 7) is 12.3. The van der Waals surface area contributed by atoms with Crippen molar-refractivity contribution in [2.75, 3.05) is 24.6 Å². The summed E-state index contributed by atoms with van der Waals surface area (Å²) in [4.78, 5) is 10.2. The smallest absolute Gasteiger partial charge is 0.297 e. The Labute approximate surface area is 182 Å². The van der Waals surface area contributed by atoms with E-state index in [0.717, 1.165) is 16.6 Å². The highest BCUT2D eigenvalue weighted by molar-refractivity contribution is 7.86.